The Labute approximate surface area is 35.6 Å². The smallest absolute Gasteiger partial charge is 2.00 e. The zero-order valence-electron chi connectivity index (χ0n) is 2.16. The molecule has 0 aliphatic heterocycles. The molecule has 0 aromatic heterocycles. The van der Waals surface area contributed by atoms with Gasteiger partial charge in [0.1, 0.15) is 0 Å². The first-order valence-corrected chi connectivity index (χ1v) is 0.447. The van der Waals surface area contributed by atoms with Gasteiger partial charge >= 0.3 is 17.1 Å². The molecule has 1 radical (unpaired) electrons. The van der Waals surface area contributed by atoms with Gasteiger partial charge in [-0.3, -0.25) is 0 Å². The molecule has 0 spiro atoms. The summed E-state index contributed by atoms with van der Waals surface area (Å²) in [6, 6.07) is 0. The van der Waals surface area contributed by atoms with Gasteiger partial charge in [-0.05, 0) is 0 Å². The maximum Gasteiger partial charge on any atom is 2.00 e. The standard InChI is InChI=1S/CH4O.Cu.O/c1-2;;/h2H,1H3;;/q;+2;-2. The molecule has 4 heavy (non-hydrogen) atoms. The van der Waals surface area contributed by atoms with Gasteiger partial charge in [-0.2, -0.15) is 0 Å². The predicted molar refractivity (Wildman–Crippen MR) is 8.83 cm³/mol. The van der Waals surface area contributed by atoms with Gasteiger partial charge in [0.25, 0.3) is 0 Å². The third kappa shape index (κ3) is 26.2. The van der Waals surface area contributed by atoms with Crippen LogP contribution in [0.2, 0.25) is 0 Å². The Balaban J connectivity index is -0.00000000500. The summed E-state index contributed by atoms with van der Waals surface area (Å²) in [5.41, 5.74) is 0. The van der Waals surface area contributed by atoms with Crippen LogP contribution < -0.4 is 0 Å². The van der Waals surface area contributed by atoms with Crippen LogP contribution in [0, 0.1) is 0 Å². The van der Waals surface area contributed by atoms with Crippen LogP contribution in [-0.2, 0) is 22.5 Å². The average molecular weight is 112 g/mol. The third-order valence-electron chi connectivity index (χ3n) is 0. The Morgan fingerprint density at radius 2 is 1.25 bits per heavy atom. The van der Waals surface area contributed by atoms with E-state index in [1.165, 1.54) is 0 Å². The Morgan fingerprint density at radius 3 is 1.25 bits per heavy atom. The van der Waals surface area contributed by atoms with Gasteiger partial charge in [-0.25, -0.2) is 0 Å². The number of rotatable bonds is 0. The van der Waals surface area contributed by atoms with E-state index in [9.17, 15) is 0 Å². The van der Waals surface area contributed by atoms with E-state index < -0.39 is 0 Å². The van der Waals surface area contributed by atoms with Crippen molar-refractivity contribution in [2.45, 2.75) is 0 Å². The molecule has 0 atom stereocenters. The van der Waals surface area contributed by atoms with Crippen LogP contribution in [0.3, 0.4) is 0 Å². The van der Waals surface area contributed by atoms with Crippen LogP contribution in [-0.4, -0.2) is 12.2 Å². The largest absolute Gasteiger partial charge is 2.00 e. The van der Waals surface area contributed by atoms with Gasteiger partial charge in [0, 0.05) is 7.11 Å². The second-order valence-electron chi connectivity index (χ2n) is 0. The monoisotopic (exact) mass is 111 g/mol. The molecule has 0 rings (SSSR count). The topological polar surface area (TPSA) is 48.7 Å². The van der Waals surface area contributed by atoms with E-state index in [4.69, 9.17) is 5.11 Å². The van der Waals surface area contributed by atoms with Crippen molar-refractivity contribution >= 4 is 0 Å². The minimum atomic E-state index is 0. The summed E-state index contributed by atoms with van der Waals surface area (Å²) in [6.07, 6.45) is 0. The summed E-state index contributed by atoms with van der Waals surface area (Å²) in [6.45, 7) is 0. The second kappa shape index (κ2) is 106. The molecule has 0 fully saturated rings. The number of hydrogen-bond acceptors (Lipinski definition) is 1. The van der Waals surface area contributed by atoms with Crippen molar-refractivity contribution in [2.75, 3.05) is 7.11 Å². The first-order chi connectivity index (χ1) is 1.00. The zero-order valence-corrected chi connectivity index (χ0v) is 3.10. The molecular weight excluding hydrogens is 108 g/mol. The van der Waals surface area contributed by atoms with E-state index >= 15 is 0 Å². The summed E-state index contributed by atoms with van der Waals surface area (Å²) in [4.78, 5) is 0. The maximum absolute atomic E-state index is 7.00. The van der Waals surface area contributed by atoms with E-state index in [0.29, 0.717) is 0 Å². The van der Waals surface area contributed by atoms with Crippen LogP contribution in [0.4, 0.5) is 0 Å². The molecule has 0 amide bonds. The summed E-state index contributed by atoms with van der Waals surface area (Å²) >= 11 is 0. The van der Waals surface area contributed by atoms with Gasteiger partial charge in [0.15, 0.2) is 0 Å². The van der Waals surface area contributed by atoms with Crippen LogP contribution in [0.25, 0.3) is 0 Å². The summed E-state index contributed by atoms with van der Waals surface area (Å²) in [5.74, 6) is 0. The number of aliphatic hydroxyl groups is 1. The molecule has 0 saturated carbocycles. The van der Waals surface area contributed by atoms with Crippen molar-refractivity contribution in [3.8, 4) is 0 Å². The second-order valence-corrected chi connectivity index (χ2v) is 0. The molecular formula is CH4CuO2. The van der Waals surface area contributed by atoms with Crippen molar-refractivity contribution in [1.29, 1.82) is 0 Å². The van der Waals surface area contributed by atoms with E-state index in [1.54, 1.807) is 0 Å². The molecule has 1 N–H and O–H groups in total. The molecule has 0 saturated heterocycles. The summed E-state index contributed by atoms with van der Waals surface area (Å²) in [7, 11) is 1.00. The minimum Gasteiger partial charge on any atom is -2.00 e. The molecule has 0 aromatic rings. The fourth-order valence-electron chi connectivity index (χ4n) is 0. The molecule has 3 heteroatoms. The molecule has 0 aliphatic rings. The van der Waals surface area contributed by atoms with E-state index in [2.05, 4.69) is 0 Å². The van der Waals surface area contributed by atoms with Crippen molar-refractivity contribution in [3.05, 3.63) is 0 Å². The minimum absolute atomic E-state index is 0. The molecule has 0 bridgehead atoms. The van der Waals surface area contributed by atoms with Crippen LogP contribution in [0.5, 0.6) is 0 Å². The van der Waals surface area contributed by atoms with Gasteiger partial charge in [0.2, 0.25) is 0 Å². The maximum atomic E-state index is 7.00. The summed E-state index contributed by atoms with van der Waals surface area (Å²) in [5, 5.41) is 7.00. The van der Waals surface area contributed by atoms with E-state index in [1.807, 2.05) is 0 Å². The van der Waals surface area contributed by atoms with Crippen molar-refractivity contribution < 1.29 is 27.7 Å². The zero-order chi connectivity index (χ0) is 2.00. The summed E-state index contributed by atoms with van der Waals surface area (Å²) < 4.78 is 0. The van der Waals surface area contributed by atoms with Gasteiger partial charge < -0.3 is 10.6 Å². The van der Waals surface area contributed by atoms with E-state index in [-0.39, 0.29) is 22.5 Å². The first-order valence-electron chi connectivity index (χ1n) is 0.447. The SMILES string of the molecule is CO.[Cu+2].[O-2]. The number of aliphatic hydroxyl groups excluding tert-OH is 1. The Bertz CT molecular complexity index is 6.00. The van der Waals surface area contributed by atoms with Crippen molar-refractivity contribution in [2.24, 2.45) is 0 Å². The van der Waals surface area contributed by atoms with Crippen LogP contribution >= 0.6 is 0 Å². The van der Waals surface area contributed by atoms with Gasteiger partial charge in [0.05, 0.1) is 0 Å². The molecule has 0 aliphatic carbocycles. The van der Waals surface area contributed by atoms with Crippen LogP contribution in [0.15, 0.2) is 0 Å². The quantitative estimate of drug-likeness (QED) is 0.421. The molecule has 0 aromatic carbocycles. The normalized spacial score (nSPS) is 1.50. The molecule has 2 nitrogen and oxygen atoms in total. The average Bonchev–Trinajstić information content (AvgIpc) is 1.00. The fraction of sp³-hybridized carbons (Fsp3) is 1.00. The van der Waals surface area contributed by atoms with Crippen LogP contribution in [0.1, 0.15) is 0 Å². The Hall–Kier alpha value is 0.439. The Morgan fingerprint density at radius 1 is 1.25 bits per heavy atom. The molecule has 31 valence electrons. The predicted octanol–water partition coefficient (Wildman–Crippen LogP) is -0.513. The van der Waals surface area contributed by atoms with Gasteiger partial charge in [-0.1, -0.05) is 0 Å². The van der Waals surface area contributed by atoms with Crippen molar-refractivity contribution in [3.63, 3.8) is 0 Å². The van der Waals surface area contributed by atoms with Gasteiger partial charge in [-0.15, -0.1) is 0 Å². The first kappa shape index (κ1) is 25.3. The fourth-order valence-corrected chi connectivity index (χ4v) is 0. The van der Waals surface area contributed by atoms with Crippen molar-refractivity contribution in [1.82, 2.24) is 0 Å². The third-order valence-corrected chi connectivity index (χ3v) is 0. The Kier molecular flexibility index (Phi) is 672. The number of hydrogen-bond donors (Lipinski definition) is 1. The molecule has 0 heterocycles. The van der Waals surface area contributed by atoms with E-state index in [0.717, 1.165) is 7.11 Å². The molecule has 0 unspecified atom stereocenters.